The molecule has 0 spiro atoms. The molecular weight excluding hydrogens is 296 g/mol. The molecule has 4 heteroatoms. The molecule has 0 radical (unpaired) electrons. The Morgan fingerprint density at radius 3 is 2.50 bits per heavy atom. The fourth-order valence-corrected chi connectivity index (χ4v) is 2.18. The smallest absolute Gasteiger partial charge is 0.146 e. The van der Waals surface area contributed by atoms with Gasteiger partial charge >= 0.3 is 0 Å². The van der Waals surface area contributed by atoms with Crippen molar-refractivity contribution in [1.29, 1.82) is 0 Å². The molecule has 110 valence electrons. The highest BCUT2D eigenvalue weighted by Gasteiger charge is 2.01. The van der Waals surface area contributed by atoms with Crippen molar-refractivity contribution in [2.75, 3.05) is 0 Å². The van der Waals surface area contributed by atoms with Gasteiger partial charge in [-0.2, -0.15) is 0 Å². The second-order valence-corrected chi connectivity index (χ2v) is 5.30. The van der Waals surface area contributed by atoms with E-state index in [-0.39, 0.29) is 0 Å². The van der Waals surface area contributed by atoms with Crippen molar-refractivity contribution < 1.29 is 4.74 Å². The summed E-state index contributed by atoms with van der Waals surface area (Å²) in [5.74, 6) is 1.37. The zero-order valence-corrected chi connectivity index (χ0v) is 12.9. The van der Waals surface area contributed by atoms with Gasteiger partial charge in [-0.15, -0.1) is 0 Å². The van der Waals surface area contributed by atoms with E-state index < -0.39 is 0 Å². The van der Waals surface area contributed by atoms with Gasteiger partial charge in [0, 0.05) is 31.2 Å². The van der Waals surface area contributed by atoms with Crippen molar-refractivity contribution in [3.63, 3.8) is 0 Å². The van der Waals surface area contributed by atoms with E-state index in [0.717, 1.165) is 17.0 Å². The van der Waals surface area contributed by atoms with Gasteiger partial charge < -0.3 is 9.30 Å². The summed E-state index contributed by atoms with van der Waals surface area (Å²) in [5.41, 5.74) is 1.94. The first-order valence-electron chi connectivity index (χ1n) is 6.89. The third-order valence-corrected chi connectivity index (χ3v) is 3.43. The fraction of sp³-hybridized carbons (Fsp3) is 0.0556. The van der Waals surface area contributed by atoms with Gasteiger partial charge in [-0.25, -0.2) is 0 Å². The predicted octanol–water partition coefficient (Wildman–Crippen LogP) is 5.22. The summed E-state index contributed by atoms with van der Waals surface area (Å²) in [6.07, 6.45) is 5.84. The third kappa shape index (κ3) is 3.57. The zero-order valence-electron chi connectivity index (χ0n) is 12.1. The average molecular weight is 311 g/mol. The lowest BCUT2D eigenvalue weighted by molar-refractivity contribution is 0.483. The maximum absolute atomic E-state index is 6.07. The van der Waals surface area contributed by atoms with Gasteiger partial charge in [0.25, 0.3) is 0 Å². The molecule has 3 nitrogen and oxygen atoms in total. The minimum absolute atomic E-state index is 0.591. The molecule has 0 aliphatic rings. The van der Waals surface area contributed by atoms with Gasteiger partial charge in [-0.3, -0.25) is 4.99 Å². The summed E-state index contributed by atoms with van der Waals surface area (Å²) < 4.78 is 7.73. The monoisotopic (exact) mass is 310 g/mol. The summed E-state index contributed by atoms with van der Waals surface area (Å²) in [5, 5.41) is 0.591. The molecule has 0 saturated heterocycles. The molecule has 0 saturated carbocycles. The molecule has 0 fully saturated rings. The molecule has 3 rings (SSSR count). The Balaban J connectivity index is 1.70. The lowest BCUT2D eigenvalue weighted by atomic mass is 10.3. The first-order valence-corrected chi connectivity index (χ1v) is 7.27. The van der Waals surface area contributed by atoms with Crippen molar-refractivity contribution in [3.8, 4) is 11.5 Å². The Morgan fingerprint density at radius 1 is 1.05 bits per heavy atom. The Hall–Kier alpha value is -2.52. The maximum Gasteiger partial charge on any atom is 0.146 e. The number of rotatable bonds is 4. The number of nitrogens with zero attached hydrogens (tertiary/aromatic N) is 2. The molecule has 0 N–H and O–H groups in total. The quantitative estimate of drug-likeness (QED) is 0.607. The molecule has 3 aromatic rings. The fourth-order valence-electron chi connectivity index (χ4n) is 2.00. The molecule has 22 heavy (non-hydrogen) atoms. The molecular formula is C18H15ClN2O. The van der Waals surface area contributed by atoms with Crippen LogP contribution in [0.2, 0.25) is 5.02 Å². The second-order valence-electron chi connectivity index (χ2n) is 4.89. The Labute approximate surface area is 134 Å². The minimum atomic E-state index is 0.591. The molecule has 0 aliphatic heterocycles. The lowest BCUT2D eigenvalue weighted by Gasteiger charge is -2.07. The van der Waals surface area contributed by atoms with E-state index in [9.17, 15) is 0 Å². The SMILES string of the molecule is Cn1ccc(C=Nc2ccc(Oc3ccccc3Cl)cc2)c1. The summed E-state index contributed by atoms with van der Waals surface area (Å²) >= 11 is 6.07. The van der Waals surface area contributed by atoms with E-state index in [1.165, 1.54) is 0 Å². The van der Waals surface area contributed by atoms with E-state index in [0.29, 0.717) is 10.8 Å². The summed E-state index contributed by atoms with van der Waals surface area (Å²) in [7, 11) is 1.98. The number of halogens is 1. The number of aliphatic imine (C=N–C) groups is 1. The number of para-hydroxylation sites is 1. The van der Waals surface area contributed by atoms with Gasteiger partial charge in [0.1, 0.15) is 11.5 Å². The topological polar surface area (TPSA) is 26.5 Å². The van der Waals surface area contributed by atoms with Crippen LogP contribution in [0.3, 0.4) is 0 Å². The molecule has 0 bridgehead atoms. The van der Waals surface area contributed by atoms with Crippen LogP contribution in [-0.4, -0.2) is 10.8 Å². The van der Waals surface area contributed by atoms with Crippen molar-refractivity contribution in [2.24, 2.45) is 12.0 Å². The van der Waals surface area contributed by atoms with Crippen molar-refractivity contribution >= 4 is 23.5 Å². The first-order chi connectivity index (χ1) is 10.7. The number of benzene rings is 2. The molecule has 0 atom stereocenters. The van der Waals surface area contributed by atoms with Crippen LogP contribution in [0.25, 0.3) is 0 Å². The van der Waals surface area contributed by atoms with E-state index in [1.807, 2.05) is 78.8 Å². The van der Waals surface area contributed by atoms with Crippen LogP contribution < -0.4 is 4.74 Å². The molecule has 0 unspecified atom stereocenters. The van der Waals surface area contributed by atoms with Crippen LogP contribution in [0.1, 0.15) is 5.56 Å². The van der Waals surface area contributed by atoms with E-state index in [4.69, 9.17) is 16.3 Å². The van der Waals surface area contributed by atoms with Crippen molar-refractivity contribution in [1.82, 2.24) is 4.57 Å². The van der Waals surface area contributed by atoms with Gasteiger partial charge in [0.15, 0.2) is 0 Å². The van der Waals surface area contributed by atoms with Gasteiger partial charge in [0.2, 0.25) is 0 Å². The Bertz CT molecular complexity index is 791. The van der Waals surface area contributed by atoms with Crippen LogP contribution >= 0.6 is 11.6 Å². The normalized spacial score (nSPS) is 11.0. The predicted molar refractivity (Wildman–Crippen MR) is 90.6 cm³/mol. The Morgan fingerprint density at radius 2 is 1.82 bits per heavy atom. The zero-order chi connectivity index (χ0) is 15.4. The number of hydrogen-bond donors (Lipinski definition) is 0. The van der Waals surface area contributed by atoms with Gasteiger partial charge in [-0.1, -0.05) is 23.7 Å². The summed E-state index contributed by atoms with van der Waals surface area (Å²) in [6, 6.07) is 17.0. The minimum Gasteiger partial charge on any atom is -0.456 e. The standard InChI is InChI=1S/C18H15ClN2O/c1-21-11-10-14(13-21)12-20-15-6-8-16(9-7-15)22-18-5-3-2-4-17(18)19/h2-13H,1H3. The van der Waals surface area contributed by atoms with Gasteiger partial charge in [0.05, 0.1) is 10.7 Å². The first kappa shape index (κ1) is 14.4. The highest BCUT2D eigenvalue weighted by Crippen LogP contribution is 2.29. The molecule has 1 heterocycles. The molecule has 0 aliphatic carbocycles. The van der Waals surface area contributed by atoms with Crippen LogP contribution in [-0.2, 0) is 7.05 Å². The van der Waals surface area contributed by atoms with E-state index in [2.05, 4.69) is 4.99 Å². The number of hydrogen-bond acceptors (Lipinski definition) is 2. The van der Waals surface area contributed by atoms with Crippen LogP contribution in [0.4, 0.5) is 5.69 Å². The third-order valence-electron chi connectivity index (χ3n) is 3.12. The highest BCUT2D eigenvalue weighted by atomic mass is 35.5. The van der Waals surface area contributed by atoms with Crippen molar-refractivity contribution in [2.45, 2.75) is 0 Å². The number of aryl methyl sites for hydroxylation is 1. The Kier molecular flexibility index (Phi) is 4.26. The molecule has 2 aromatic carbocycles. The number of ether oxygens (including phenoxy) is 1. The number of aromatic nitrogens is 1. The molecule has 1 aromatic heterocycles. The summed E-state index contributed by atoms with van der Waals surface area (Å²) in [4.78, 5) is 4.44. The van der Waals surface area contributed by atoms with Crippen LogP contribution in [0.5, 0.6) is 11.5 Å². The van der Waals surface area contributed by atoms with Crippen LogP contribution in [0, 0.1) is 0 Å². The molecule has 0 amide bonds. The average Bonchev–Trinajstić information content (AvgIpc) is 2.94. The van der Waals surface area contributed by atoms with Gasteiger partial charge in [-0.05, 0) is 42.5 Å². The second kappa shape index (κ2) is 6.50. The largest absolute Gasteiger partial charge is 0.456 e. The maximum atomic E-state index is 6.07. The van der Waals surface area contributed by atoms with E-state index in [1.54, 1.807) is 6.07 Å². The van der Waals surface area contributed by atoms with E-state index >= 15 is 0 Å². The lowest BCUT2D eigenvalue weighted by Crippen LogP contribution is -1.84. The highest BCUT2D eigenvalue weighted by molar-refractivity contribution is 6.32. The summed E-state index contributed by atoms with van der Waals surface area (Å²) in [6.45, 7) is 0. The van der Waals surface area contributed by atoms with Crippen LogP contribution in [0.15, 0.2) is 72.0 Å². The van der Waals surface area contributed by atoms with Crippen molar-refractivity contribution in [3.05, 3.63) is 77.6 Å².